The number of cyclic esters (lactones) is 1. The second kappa shape index (κ2) is 11.5. The number of aryl methyl sites for hydroxylation is 1. The van der Waals surface area contributed by atoms with Gasteiger partial charge >= 0.3 is 12.0 Å². The molecule has 2 unspecified atom stereocenters. The highest BCUT2D eigenvalue weighted by Crippen LogP contribution is 2.41. The Morgan fingerprint density at radius 3 is 2.37 bits per heavy atom. The number of carbonyl (C=O) groups excluding carboxylic acids is 3. The summed E-state index contributed by atoms with van der Waals surface area (Å²) >= 11 is 0. The molecule has 0 aliphatic carbocycles. The molecule has 0 saturated carbocycles. The van der Waals surface area contributed by atoms with Crippen molar-refractivity contribution in [2.24, 2.45) is 5.92 Å². The van der Waals surface area contributed by atoms with Crippen LogP contribution in [0.1, 0.15) is 76.0 Å². The standard InChI is InChI=1S/C34H41N5O4/c1-21-8-10-25(11-9-21)39-31(28(20-35-39)34(2,3)4)37-33(42)36-24-7-5-6-22(17-24)16-23-18-26-12-13-27(19-23)38(26)32(41)29-14-15-30(40)43-29/h5-11,17,20,23,26-27,29H,12-16,18-19H2,1-4H3,(H2,36,37,42)/t23?,26?,27?,29-/m0/s1. The van der Waals surface area contributed by atoms with E-state index in [9.17, 15) is 14.4 Å². The van der Waals surface area contributed by atoms with E-state index in [1.165, 1.54) is 0 Å². The minimum atomic E-state index is -0.601. The summed E-state index contributed by atoms with van der Waals surface area (Å²) in [6.45, 7) is 8.35. The van der Waals surface area contributed by atoms with Crippen molar-refractivity contribution in [2.75, 3.05) is 10.6 Å². The van der Waals surface area contributed by atoms with Crippen LogP contribution in [0.5, 0.6) is 0 Å². The van der Waals surface area contributed by atoms with Crippen LogP contribution >= 0.6 is 0 Å². The van der Waals surface area contributed by atoms with Crippen molar-refractivity contribution < 1.29 is 19.1 Å². The molecule has 2 N–H and O–H groups in total. The van der Waals surface area contributed by atoms with Crippen LogP contribution in [0.4, 0.5) is 16.3 Å². The predicted molar refractivity (Wildman–Crippen MR) is 165 cm³/mol. The Bertz CT molecular complexity index is 1510. The topological polar surface area (TPSA) is 106 Å². The van der Waals surface area contributed by atoms with Gasteiger partial charge in [-0.05, 0) is 80.2 Å². The highest BCUT2D eigenvalue weighted by atomic mass is 16.6. The molecule has 4 heterocycles. The largest absolute Gasteiger partial charge is 0.452 e. The van der Waals surface area contributed by atoms with Crippen molar-refractivity contribution >= 4 is 29.4 Å². The SMILES string of the molecule is Cc1ccc(-n2ncc(C(C)(C)C)c2NC(=O)Nc2cccc(CC3CC4CCC(C3)N4C(=O)[C@@H]3CCC(=O)O3)c2)cc1. The lowest BCUT2D eigenvalue weighted by Gasteiger charge is -2.40. The number of nitrogens with one attached hydrogen (secondary N) is 2. The summed E-state index contributed by atoms with van der Waals surface area (Å²) in [6.07, 6.45) is 6.84. The number of anilines is 2. The number of fused-ring (bicyclic) bond motifs is 2. The van der Waals surface area contributed by atoms with E-state index in [0.29, 0.717) is 24.6 Å². The molecule has 0 spiro atoms. The van der Waals surface area contributed by atoms with Gasteiger partial charge < -0.3 is 15.0 Å². The predicted octanol–water partition coefficient (Wildman–Crippen LogP) is 6.14. The van der Waals surface area contributed by atoms with Gasteiger partial charge in [-0.1, -0.05) is 50.6 Å². The van der Waals surface area contributed by atoms with Crippen LogP contribution in [0.2, 0.25) is 0 Å². The summed E-state index contributed by atoms with van der Waals surface area (Å²) in [7, 11) is 0. The lowest BCUT2D eigenvalue weighted by Crippen LogP contribution is -2.50. The molecule has 2 bridgehead atoms. The third-order valence-corrected chi connectivity index (χ3v) is 9.04. The Hall–Kier alpha value is -4.14. The van der Waals surface area contributed by atoms with E-state index in [1.807, 2.05) is 60.5 Å². The molecule has 9 nitrogen and oxygen atoms in total. The van der Waals surface area contributed by atoms with Crippen molar-refractivity contribution in [1.82, 2.24) is 14.7 Å². The maximum atomic E-state index is 13.3. The highest BCUT2D eigenvalue weighted by molar-refractivity contribution is 6.00. The number of hydrogen-bond donors (Lipinski definition) is 2. The van der Waals surface area contributed by atoms with Crippen molar-refractivity contribution in [3.63, 3.8) is 0 Å². The molecular formula is C34H41N5O4. The first-order valence-electron chi connectivity index (χ1n) is 15.4. The van der Waals surface area contributed by atoms with Crippen molar-refractivity contribution in [3.8, 4) is 5.69 Å². The van der Waals surface area contributed by atoms with Crippen molar-refractivity contribution in [1.29, 1.82) is 0 Å². The van der Waals surface area contributed by atoms with Crippen LogP contribution in [0, 0.1) is 12.8 Å². The third kappa shape index (κ3) is 6.17. The zero-order chi connectivity index (χ0) is 30.3. The first kappa shape index (κ1) is 29.0. The Kier molecular flexibility index (Phi) is 7.75. The highest BCUT2D eigenvalue weighted by Gasteiger charge is 2.46. The maximum Gasteiger partial charge on any atom is 0.324 e. The quantitative estimate of drug-likeness (QED) is 0.339. The van der Waals surface area contributed by atoms with Gasteiger partial charge in [-0.2, -0.15) is 5.10 Å². The minimum Gasteiger partial charge on any atom is -0.452 e. The number of esters is 1. The molecule has 0 radical (unpaired) electrons. The second-order valence-electron chi connectivity index (χ2n) is 13.4. The van der Waals surface area contributed by atoms with Crippen molar-refractivity contribution in [2.45, 2.75) is 96.2 Å². The van der Waals surface area contributed by atoms with Gasteiger partial charge in [0.1, 0.15) is 5.82 Å². The van der Waals surface area contributed by atoms with Gasteiger partial charge in [-0.3, -0.25) is 14.9 Å². The Morgan fingerprint density at radius 2 is 1.72 bits per heavy atom. The zero-order valence-electron chi connectivity index (χ0n) is 25.4. The summed E-state index contributed by atoms with van der Waals surface area (Å²) in [5.41, 5.74) is 4.65. The Morgan fingerprint density at radius 1 is 1.00 bits per heavy atom. The van der Waals surface area contributed by atoms with Crippen LogP contribution in [0.25, 0.3) is 5.69 Å². The van der Waals surface area contributed by atoms with E-state index in [-0.39, 0.29) is 35.4 Å². The van der Waals surface area contributed by atoms with Gasteiger partial charge in [0.2, 0.25) is 0 Å². The van der Waals surface area contributed by atoms with Gasteiger partial charge in [-0.15, -0.1) is 0 Å². The zero-order valence-corrected chi connectivity index (χ0v) is 25.4. The summed E-state index contributed by atoms with van der Waals surface area (Å²) in [4.78, 5) is 40.0. The van der Waals surface area contributed by atoms with Crippen LogP contribution in [-0.2, 0) is 26.2 Å². The molecule has 3 saturated heterocycles. The third-order valence-electron chi connectivity index (χ3n) is 9.04. The number of carbonyl (C=O) groups is 3. The molecule has 1 aromatic heterocycles. The van der Waals surface area contributed by atoms with Crippen LogP contribution in [0.3, 0.4) is 0 Å². The number of amides is 3. The fourth-order valence-corrected chi connectivity index (χ4v) is 6.96. The minimum absolute atomic E-state index is 0.00708. The average Bonchev–Trinajstić information content (AvgIpc) is 3.65. The number of hydrogen-bond acceptors (Lipinski definition) is 5. The molecule has 3 atom stereocenters. The summed E-state index contributed by atoms with van der Waals surface area (Å²) in [6, 6.07) is 16.2. The lowest BCUT2D eigenvalue weighted by atomic mass is 9.85. The number of nitrogens with zero attached hydrogens (tertiary/aromatic N) is 3. The summed E-state index contributed by atoms with van der Waals surface area (Å²) in [5.74, 6) is 0.825. The fraction of sp³-hybridized carbons (Fsp3) is 0.471. The lowest BCUT2D eigenvalue weighted by molar-refractivity contribution is -0.156. The molecule has 3 fully saturated rings. The first-order chi connectivity index (χ1) is 20.5. The van der Waals surface area contributed by atoms with E-state index < -0.39 is 6.10 Å². The first-order valence-corrected chi connectivity index (χ1v) is 15.4. The monoisotopic (exact) mass is 583 g/mol. The molecule has 3 aliphatic rings. The Labute approximate surface area is 253 Å². The van der Waals surface area contributed by atoms with Crippen LogP contribution in [0.15, 0.2) is 54.7 Å². The average molecular weight is 584 g/mol. The molecule has 3 amide bonds. The molecule has 226 valence electrons. The fourth-order valence-electron chi connectivity index (χ4n) is 6.96. The van der Waals surface area contributed by atoms with Gasteiger partial charge in [0.25, 0.3) is 5.91 Å². The number of benzene rings is 2. The second-order valence-corrected chi connectivity index (χ2v) is 13.4. The normalized spacial score (nSPS) is 23.3. The molecule has 3 aliphatic heterocycles. The number of aromatic nitrogens is 2. The maximum absolute atomic E-state index is 13.3. The molecule has 6 rings (SSSR count). The number of ether oxygens (including phenoxy) is 1. The number of rotatable bonds is 6. The van der Waals surface area contributed by atoms with E-state index in [0.717, 1.165) is 60.2 Å². The van der Waals surface area contributed by atoms with Gasteiger partial charge in [-0.25, -0.2) is 9.48 Å². The summed E-state index contributed by atoms with van der Waals surface area (Å²) < 4.78 is 7.06. The van der Waals surface area contributed by atoms with Gasteiger partial charge in [0.05, 0.1) is 11.9 Å². The molecule has 43 heavy (non-hydrogen) atoms. The van der Waals surface area contributed by atoms with E-state index in [4.69, 9.17) is 4.74 Å². The number of urea groups is 1. The van der Waals surface area contributed by atoms with E-state index >= 15 is 0 Å². The van der Waals surface area contributed by atoms with Crippen LogP contribution < -0.4 is 10.6 Å². The molecule has 9 heteroatoms. The van der Waals surface area contributed by atoms with Crippen molar-refractivity contribution in [3.05, 3.63) is 71.4 Å². The number of piperidine rings is 1. The molecule has 2 aromatic carbocycles. The van der Waals surface area contributed by atoms with Gasteiger partial charge in [0, 0.05) is 36.2 Å². The molecule has 3 aromatic rings. The molecular weight excluding hydrogens is 542 g/mol. The van der Waals surface area contributed by atoms with Crippen LogP contribution in [-0.4, -0.2) is 50.8 Å². The van der Waals surface area contributed by atoms with E-state index in [2.05, 4.69) is 42.6 Å². The smallest absolute Gasteiger partial charge is 0.324 e. The van der Waals surface area contributed by atoms with Gasteiger partial charge in [0.15, 0.2) is 6.10 Å². The van der Waals surface area contributed by atoms with E-state index in [1.54, 1.807) is 4.68 Å². The summed E-state index contributed by atoms with van der Waals surface area (Å²) in [5, 5.41) is 10.7. The Balaban J connectivity index is 1.11.